The lowest BCUT2D eigenvalue weighted by molar-refractivity contribution is 0.414. The molecule has 0 amide bonds. The zero-order valence-corrected chi connectivity index (χ0v) is 9.80. The van der Waals surface area contributed by atoms with Crippen molar-refractivity contribution < 1.29 is 4.74 Å². The number of nitrogens with zero attached hydrogens (tertiary/aromatic N) is 1. The third-order valence-electron chi connectivity index (χ3n) is 2.00. The van der Waals surface area contributed by atoms with Crippen molar-refractivity contribution in [3.05, 3.63) is 24.3 Å². The standard InChI is InChI=1S/C11H17NOS/c1-4-12(5-2)14-11-8-6-10(13-3)7-9-11/h6-9H,4-5H2,1-3H3. The van der Waals surface area contributed by atoms with Gasteiger partial charge in [0.1, 0.15) is 5.75 Å². The summed E-state index contributed by atoms with van der Waals surface area (Å²) in [5, 5.41) is 0. The van der Waals surface area contributed by atoms with Gasteiger partial charge in [-0.15, -0.1) is 0 Å². The van der Waals surface area contributed by atoms with Crippen LogP contribution in [0.3, 0.4) is 0 Å². The van der Waals surface area contributed by atoms with Gasteiger partial charge in [-0.2, -0.15) is 0 Å². The predicted octanol–water partition coefficient (Wildman–Crippen LogP) is 3.04. The van der Waals surface area contributed by atoms with Gasteiger partial charge in [-0.05, 0) is 36.2 Å². The Labute approximate surface area is 90.4 Å². The Hall–Kier alpha value is -0.670. The second kappa shape index (κ2) is 5.94. The minimum Gasteiger partial charge on any atom is -0.497 e. The van der Waals surface area contributed by atoms with Crippen molar-refractivity contribution in [3.8, 4) is 5.75 Å². The molecule has 3 heteroatoms. The molecule has 1 rings (SSSR count). The fourth-order valence-corrected chi connectivity index (χ4v) is 1.95. The van der Waals surface area contributed by atoms with Crippen LogP contribution < -0.4 is 4.74 Å². The average Bonchev–Trinajstić information content (AvgIpc) is 2.26. The fraction of sp³-hybridized carbons (Fsp3) is 0.455. The highest BCUT2D eigenvalue weighted by atomic mass is 32.2. The van der Waals surface area contributed by atoms with Crippen molar-refractivity contribution in [1.29, 1.82) is 0 Å². The van der Waals surface area contributed by atoms with E-state index < -0.39 is 0 Å². The van der Waals surface area contributed by atoms with Gasteiger partial charge in [0.25, 0.3) is 0 Å². The van der Waals surface area contributed by atoms with E-state index in [2.05, 4.69) is 30.3 Å². The summed E-state index contributed by atoms with van der Waals surface area (Å²) in [6.07, 6.45) is 0. The lowest BCUT2D eigenvalue weighted by Crippen LogP contribution is -2.13. The third kappa shape index (κ3) is 3.24. The van der Waals surface area contributed by atoms with Crippen LogP contribution in [0.5, 0.6) is 5.75 Å². The number of hydrogen-bond donors (Lipinski definition) is 0. The highest BCUT2D eigenvalue weighted by molar-refractivity contribution is 7.97. The minimum absolute atomic E-state index is 0.911. The fourth-order valence-electron chi connectivity index (χ4n) is 1.14. The molecule has 78 valence electrons. The number of rotatable bonds is 5. The van der Waals surface area contributed by atoms with Gasteiger partial charge in [0.05, 0.1) is 7.11 Å². The molecule has 0 aliphatic carbocycles. The summed E-state index contributed by atoms with van der Waals surface area (Å²) in [5.41, 5.74) is 0. The van der Waals surface area contributed by atoms with E-state index in [1.165, 1.54) is 4.90 Å². The van der Waals surface area contributed by atoms with Gasteiger partial charge >= 0.3 is 0 Å². The van der Waals surface area contributed by atoms with Crippen LogP contribution in [0.25, 0.3) is 0 Å². The lowest BCUT2D eigenvalue weighted by Gasteiger charge is -2.16. The molecular weight excluding hydrogens is 194 g/mol. The number of ether oxygens (including phenoxy) is 1. The molecular formula is C11H17NOS. The summed E-state index contributed by atoms with van der Waals surface area (Å²) in [6, 6.07) is 8.15. The molecule has 0 aliphatic rings. The summed E-state index contributed by atoms with van der Waals surface area (Å²) in [5.74, 6) is 0.911. The van der Waals surface area contributed by atoms with Gasteiger partial charge in [-0.1, -0.05) is 13.8 Å². The van der Waals surface area contributed by atoms with E-state index in [1.54, 1.807) is 19.1 Å². The van der Waals surface area contributed by atoms with E-state index in [1.807, 2.05) is 12.1 Å². The van der Waals surface area contributed by atoms with Crippen LogP contribution in [0.1, 0.15) is 13.8 Å². The van der Waals surface area contributed by atoms with Crippen molar-refractivity contribution in [3.63, 3.8) is 0 Å². The molecule has 0 saturated carbocycles. The van der Waals surface area contributed by atoms with E-state index in [0.29, 0.717) is 0 Å². The second-order valence-electron chi connectivity index (χ2n) is 2.88. The smallest absolute Gasteiger partial charge is 0.118 e. The minimum atomic E-state index is 0.911. The number of benzene rings is 1. The average molecular weight is 211 g/mol. The Morgan fingerprint density at radius 3 is 2.14 bits per heavy atom. The van der Waals surface area contributed by atoms with Gasteiger partial charge < -0.3 is 4.74 Å². The molecule has 0 N–H and O–H groups in total. The summed E-state index contributed by atoms with van der Waals surface area (Å²) in [6.45, 7) is 6.46. The molecule has 0 atom stereocenters. The van der Waals surface area contributed by atoms with Gasteiger partial charge in [-0.3, -0.25) is 0 Å². The summed E-state index contributed by atoms with van der Waals surface area (Å²) < 4.78 is 7.41. The first kappa shape index (κ1) is 11.4. The maximum Gasteiger partial charge on any atom is 0.118 e. The molecule has 2 nitrogen and oxygen atoms in total. The Morgan fingerprint density at radius 2 is 1.71 bits per heavy atom. The largest absolute Gasteiger partial charge is 0.497 e. The molecule has 0 spiro atoms. The molecule has 0 aromatic heterocycles. The molecule has 14 heavy (non-hydrogen) atoms. The van der Waals surface area contributed by atoms with Crippen molar-refractivity contribution in [2.24, 2.45) is 0 Å². The van der Waals surface area contributed by atoms with Gasteiger partial charge in [0.15, 0.2) is 0 Å². The quantitative estimate of drug-likeness (QED) is 0.695. The number of methoxy groups -OCH3 is 1. The third-order valence-corrected chi connectivity index (χ3v) is 3.26. The normalized spacial score (nSPS) is 10.6. The first-order valence-corrected chi connectivity index (χ1v) is 5.64. The Bertz CT molecular complexity index is 256. The lowest BCUT2D eigenvalue weighted by atomic mass is 10.3. The van der Waals surface area contributed by atoms with E-state index in [-0.39, 0.29) is 0 Å². The SMILES string of the molecule is CCN(CC)Sc1ccc(OC)cc1. The van der Waals surface area contributed by atoms with Crippen LogP contribution in [0, 0.1) is 0 Å². The van der Waals surface area contributed by atoms with E-state index in [9.17, 15) is 0 Å². The van der Waals surface area contributed by atoms with Gasteiger partial charge in [0, 0.05) is 18.0 Å². The molecule has 1 aromatic carbocycles. The Kier molecular flexibility index (Phi) is 4.84. The van der Waals surface area contributed by atoms with Crippen molar-refractivity contribution in [1.82, 2.24) is 4.31 Å². The summed E-state index contributed by atoms with van der Waals surface area (Å²) in [4.78, 5) is 1.26. The first-order valence-electron chi connectivity index (χ1n) is 4.87. The van der Waals surface area contributed by atoms with Crippen LogP contribution in [0.4, 0.5) is 0 Å². The van der Waals surface area contributed by atoms with Gasteiger partial charge in [-0.25, -0.2) is 4.31 Å². The van der Waals surface area contributed by atoms with Crippen LogP contribution in [0.15, 0.2) is 29.2 Å². The molecule has 0 radical (unpaired) electrons. The van der Waals surface area contributed by atoms with E-state index in [4.69, 9.17) is 4.74 Å². The second-order valence-corrected chi connectivity index (χ2v) is 4.05. The Morgan fingerprint density at radius 1 is 1.14 bits per heavy atom. The first-order chi connectivity index (χ1) is 6.80. The van der Waals surface area contributed by atoms with Crippen LogP contribution in [0.2, 0.25) is 0 Å². The molecule has 0 bridgehead atoms. The van der Waals surface area contributed by atoms with E-state index >= 15 is 0 Å². The van der Waals surface area contributed by atoms with Crippen LogP contribution in [-0.2, 0) is 0 Å². The molecule has 1 aromatic rings. The zero-order chi connectivity index (χ0) is 10.4. The predicted molar refractivity (Wildman–Crippen MR) is 61.8 cm³/mol. The maximum atomic E-state index is 5.10. The summed E-state index contributed by atoms with van der Waals surface area (Å²) >= 11 is 1.79. The monoisotopic (exact) mass is 211 g/mol. The van der Waals surface area contributed by atoms with Crippen LogP contribution >= 0.6 is 11.9 Å². The van der Waals surface area contributed by atoms with Gasteiger partial charge in [0.2, 0.25) is 0 Å². The van der Waals surface area contributed by atoms with Crippen molar-refractivity contribution in [2.45, 2.75) is 18.7 Å². The molecule has 0 unspecified atom stereocenters. The highest BCUT2D eigenvalue weighted by Crippen LogP contribution is 2.24. The molecule has 0 heterocycles. The maximum absolute atomic E-state index is 5.10. The van der Waals surface area contributed by atoms with Crippen molar-refractivity contribution in [2.75, 3.05) is 20.2 Å². The molecule has 0 aliphatic heterocycles. The topological polar surface area (TPSA) is 12.5 Å². The van der Waals surface area contributed by atoms with Crippen molar-refractivity contribution >= 4 is 11.9 Å². The number of hydrogen-bond acceptors (Lipinski definition) is 3. The Balaban J connectivity index is 2.58. The highest BCUT2D eigenvalue weighted by Gasteiger charge is 2.01. The van der Waals surface area contributed by atoms with Crippen LogP contribution in [-0.4, -0.2) is 24.5 Å². The molecule has 0 saturated heterocycles. The summed E-state index contributed by atoms with van der Waals surface area (Å²) in [7, 11) is 1.69. The zero-order valence-electron chi connectivity index (χ0n) is 8.99. The van der Waals surface area contributed by atoms with E-state index in [0.717, 1.165) is 18.8 Å². The molecule has 0 fully saturated rings.